The molecular formula is C34H40ClN5O5. The second kappa shape index (κ2) is 11.6. The molecule has 0 bridgehead atoms. The Morgan fingerprint density at radius 2 is 1.80 bits per heavy atom. The Labute approximate surface area is 268 Å². The molecule has 0 aliphatic carbocycles. The Balaban J connectivity index is 1.12. The van der Waals surface area contributed by atoms with Gasteiger partial charge in [0.1, 0.15) is 23.8 Å². The van der Waals surface area contributed by atoms with Gasteiger partial charge in [0.05, 0.1) is 12.1 Å². The zero-order chi connectivity index (χ0) is 31.5. The van der Waals surface area contributed by atoms with Crippen LogP contribution in [-0.4, -0.2) is 98.6 Å². The van der Waals surface area contributed by atoms with Crippen LogP contribution in [0.5, 0.6) is 0 Å². The van der Waals surface area contributed by atoms with Crippen molar-refractivity contribution in [3.8, 4) is 0 Å². The summed E-state index contributed by atoms with van der Waals surface area (Å²) in [5, 5.41) is 3.39. The first-order chi connectivity index (χ1) is 21.7. The fourth-order valence-electron chi connectivity index (χ4n) is 8.80. The third-order valence-electron chi connectivity index (χ3n) is 11.0. The van der Waals surface area contributed by atoms with E-state index in [0.717, 1.165) is 12.0 Å². The fraction of sp³-hybridized carbons (Fsp3) is 0.559. The highest BCUT2D eigenvalue weighted by Crippen LogP contribution is 2.43. The van der Waals surface area contributed by atoms with Crippen molar-refractivity contribution in [2.45, 2.75) is 94.2 Å². The Bertz CT molecular complexity index is 1480. The molecule has 7 rings (SSSR count). The van der Waals surface area contributed by atoms with Crippen molar-refractivity contribution in [3.05, 3.63) is 59.2 Å². The Kier molecular flexibility index (Phi) is 7.74. The summed E-state index contributed by atoms with van der Waals surface area (Å²) in [5.74, 6) is -1.12. The predicted octanol–water partition coefficient (Wildman–Crippen LogP) is 2.66. The van der Waals surface area contributed by atoms with Crippen LogP contribution < -0.4 is 5.32 Å². The third kappa shape index (κ3) is 4.78. The van der Waals surface area contributed by atoms with Gasteiger partial charge in [0.15, 0.2) is 0 Å². The Morgan fingerprint density at radius 1 is 1.02 bits per heavy atom. The van der Waals surface area contributed by atoms with Gasteiger partial charge in [-0.1, -0.05) is 61.0 Å². The molecule has 6 aliphatic rings. The monoisotopic (exact) mass is 633 g/mol. The highest BCUT2D eigenvalue weighted by Gasteiger charge is 2.58. The summed E-state index contributed by atoms with van der Waals surface area (Å²) < 4.78 is 0. The number of carbonyl (C=O) groups is 5. The lowest BCUT2D eigenvalue weighted by molar-refractivity contribution is -0.157. The van der Waals surface area contributed by atoms with E-state index in [-0.39, 0.29) is 47.5 Å². The summed E-state index contributed by atoms with van der Waals surface area (Å²) in [6.07, 6.45) is 13.2. The maximum Gasteiger partial charge on any atom is 0.253 e. The van der Waals surface area contributed by atoms with E-state index in [4.69, 9.17) is 11.6 Å². The minimum absolute atomic E-state index is 0.0946. The topological polar surface area (TPSA) is 110 Å². The Morgan fingerprint density at radius 3 is 2.60 bits per heavy atom. The molecule has 5 amide bonds. The lowest BCUT2D eigenvalue weighted by Crippen LogP contribution is -2.64. The van der Waals surface area contributed by atoms with Crippen LogP contribution in [0.25, 0.3) is 0 Å². The molecule has 4 saturated heterocycles. The van der Waals surface area contributed by atoms with E-state index in [1.165, 1.54) is 0 Å². The van der Waals surface area contributed by atoms with E-state index in [2.05, 4.69) is 17.5 Å². The minimum Gasteiger partial charge on any atom is -0.338 e. The number of hydrogen-bond acceptors (Lipinski definition) is 5. The van der Waals surface area contributed by atoms with Crippen molar-refractivity contribution < 1.29 is 24.0 Å². The molecule has 11 heteroatoms. The number of nitrogens with one attached hydrogen (secondary N) is 1. The third-order valence-corrected chi connectivity index (χ3v) is 11.4. The normalized spacial score (nSPS) is 34.2. The molecule has 0 radical (unpaired) electrons. The highest BCUT2D eigenvalue weighted by molar-refractivity contribution is 6.31. The van der Waals surface area contributed by atoms with Gasteiger partial charge in [0.2, 0.25) is 24.1 Å². The summed E-state index contributed by atoms with van der Waals surface area (Å²) in [4.78, 5) is 74.9. The lowest BCUT2D eigenvalue weighted by atomic mass is 9.87. The maximum absolute atomic E-state index is 14.5. The van der Waals surface area contributed by atoms with Gasteiger partial charge >= 0.3 is 0 Å². The smallest absolute Gasteiger partial charge is 0.253 e. The number of rotatable bonds is 6. The number of hydrogen-bond donors (Lipinski definition) is 1. The van der Waals surface area contributed by atoms with Gasteiger partial charge in [-0.05, 0) is 63.0 Å². The lowest BCUT2D eigenvalue weighted by Gasteiger charge is -2.45. The van der Waals surface area contributed by atoms with Gasteiger partial charge in [-0.3, -0.25) is 24.0 Å². The van der Waals surface area contributed by atoms with E-state index in [9.17, 15) is 24.0 Å². The Hall–Kier alpha value is -3.66. The van der Waals surface area contributed by atoms with Crippen molar-refractivity contribution in [1.82, 2.24) is 24.9 Å². The van der Waals surface area contributed by atoms with Crippen LogP contribution in [0.1, 0.15) is 57.4 Å². The first-order valence-corrected chi connectivity index (χ1v) is 16.7. The van der Waals surface area contributed by atoms with Gasteiger partial charge in [-0.15, -0.1) is 0 Å². The maximum atomic E-state index is 14.5. The summed E-state index contributed by atoms with van der Waals surface area (Å²) in [7, 11) is 0. The van der Waals surface area contributed by atoms with Crippen molar-refractivity contribution in [2.24, 2.45) is 11.8 Å². The quantitative estimate of drug-likeness (QED) is 0.383. The fourth-order valence-corrected chi connectivity index (χ4v) is 9.01. The number of nitrogens with zero attached hydrogens (tertiary/aromatic N) is 4. The molecule has 238 valence electrons. The molecule has 1 N–H and O–H groups in total. The number of likely N-dealkylation sites (tertiary alicyclic amines) is 2. The standard InChI is InChI=1S/C34H40ClN5O5/c1-21(19-23-5-2-3-6-26(23)35)30(42)38-17-4-15-34(38)16-13-25-9-11-27(39(25)33(34)45)31(43)37-18-14-22-7-8-24-10-12-28(36-20-41)40(24)32(44)29(22)37/h2-3,5-8,13,16,20-22,24-25,27-29H,4,9-12,14-15,17-19H2,1H3,(H,36,41)/t21?,22-,24-,25-,27-,28-,29?,34+/m0/s1. The van der Waals surface area contributed by atoms with E-state index in [1.54, 1.807) is 19.6 Å². The molecule has 45 heavy (non-hydrogen) atoms. The van der Waals surface area contributed by atoms with Crippen molar-refractivity contribution in [1.29, 1.82) is 0 Å². The van der Waals surface area contributed by atoms with Crippen LogP contribution in [-0.2, 0) is 30.4 Å². The number of halogens is 1. The zero-order valence-corrected chi connectivity index (χ0v) is 26.3. The largest absolute Gasteiger partial charge is 0.338 e. The van der Waals surface area contributed by atoms with E-state index in [0.29, 0.717) is 69.5 Å². The van der Waals surface area contributed by atoms with Crippen molar-refractivity contribution in [3.63, 3.8) is 0 Å². The summed E-state index contributed by atoms with van der Waals surface area (Å²) in [6, 6.07) is 5.82. The van der Waals surface area contributed by atoms with E-state index >= 15 is 0 Å². The number of fused-ring (bicyclic) bond motifs is 3. The van der Waals surface area contributed by atoms with Crippen LogP contribution in [0.4, 0.5) is 0 Å². The molecule has 4 fully saturated rings. The van der Waals surface area contributed by atoms with Crippen LogP contribution in [0, 0.1) is 11.8 Å². The first-order valence-electron chi connectivity index (χ1n) is 16.3. The number of benzene rings is 1. The molecule has 1 spiro atoms. The van der Waals surface area contributed by atoms with Crippen LogP contribution in [0.15, 0.2) is 48.6 Å². The summed E-state index contributed by atoms with van der Waals surface area (Å²) in [5.41, 5.74) is -0.222. The second-order valence-corrected chi connectivity index (χ2v) is 13.9. The number of carbonyl (C=O) groups excluding carboxylic acids is 5. The summed E-state index contributed by atoms with van der Waals surface area (Å²) >= 11 is 6.39. The van der Waals surface area contributed by atoms with Gasteiger partial charge in [-0.2, -0.15) is 0 Å². The van der Waals surface area contributed by atoms with Crippen LogP contribution in [0.2, 0.25) is 5.02 Å². The first kappa shape index (κ1) is 30.0. The van der Waals surface area contributed by atoms with Crippen molar-refractivity contribution in [2.75, 3.05) is 13.1 Å². The summed E-state index contributed by atoms with van der Waals surface area (Å²) in [6.45, 7) is 2.78. The molecular weight excluding hydrogens is 594 g/mol. The average Bonchev–Trinajstić information content (AvgIpc) is 3.82. The molecule has 6 aliphatic heterocycles. The molecule has 1 aromatic carbocycles. The van der Waals surface area contributed by atoms with Crippen molar-refractivity contribution >= 4 is 41.6 Å². The number of amides is 5. The molecule has 8 atom stereocenters. The molecule has 6 heterocycles. The average molecular weight is 634 g/mol. The molecule has 0 saturated carbocycles. The van der Waals surface area contributed by atoms with Gasteiger partial charge in [0, 0.05) is 29.9 Å². The minimum atomic E-state index is -1.11. The molecule has 1 aromatic rings. The molecule has 0 aromatic heterocycles. The van der Waals surface area contributed by atoms with Crippen LogP contribution in [0.3, 0.4) is 0 Å². The van der Waals surface area contributed by atoms with E-state index < -0.39 is 23.8 Å². The second-order valence-electron chi connectivity index (χ2n) is 13.5. The molecule has 2 unspecified atom stereocenters. The zero-order valence-electron chi connectivity index (χ0n) is 25.5. The van der Waals surface area contributed by atoms with Gasteiger partial charge in [-0.25, -0.2) is 0 Å². The van der Waals surface area contributed by atoms with Crippen LogP contribution >= 0.6 is 11.6 Å². The molecule has 10 nitrogen and oxygen atoms in total. The van der Waals surface area contributed by atoms with Gasteiger partial charge in [0.25, 0.3) is 5.91 Å². The van der Waals surface area contributed by atoms with Gasteiger partial charge < -0.3 is 24.9 Å². The SMILES string of the molecule is CC(Cc1ccccc1Cl)C(=O)N1CCC[C@]12C=C[C@@H]1CC[C@@H](C(=O)N3CC[C@@H]4C=C[C@H]5CC[C@@H](NC=O)N5C(=O)C43)N1C2=O. The predicted molar refractivity (Wildman–Crippen MR) is 166 cm³/mol. The van der Waals surface area contributed by atoms with E-state index in [1.807, 2.05) is 43.3 Å². The highest BCUT2D eigenvalue weighted by atomic mass is 35.5.